The smallest absolute Gasteiger partial charge is 0.341 e. The zero-order valence-corrected chi connectivity index (χ0v) is 16.2. The lowest BCUT2D eigenvalue weighted by atomic mass is 9.95. The number of aliphatic imine (C=N–C) groups is 1. The highest BCUT2D eigenvalue weighted by atomic mass is 16.5. The fourth-order valence-electron chi connectivity index (χ4n) is 3.36. The molecule has 3 N–H and O–H groups in total. The van der Waals surface area contributed by atoms with Crippen LogP contribution in [0.15, 0.2) is 23.2 Å². The van der Waals surface area contributed by atoms with Crippen LogP contribution in [-0.4, -0.2) is 57.1 Å². The minimum atomic E-state index is -0.441. The highest BCUT2D eigenvalue weighted by molar-refractivity contribution is 5.92. The van der Waals surface area contributed by atoms with Crippen LogP contribution in [0.25, 0.3) is 0 Å². The van der Waals surface area contributed by atoms with Crippen LogP contribution in [0.3, 0.4) is 0 Å². The van der Waals surface area contributed by atoms with Crippen molar-refractivity contribution < 1.29 is 19.1 Å². The van der Waals surface area contributed by atoms with Crippen molar-refractivity contribution in [2.45, 2.75) is 25.8 Å². The van der Waals surface area contributed by atoms with Crippen LogP contribution in [0.1, 0.15) is 35.2 Å². The van der Waals surface area contributed by atoms with E-state index >= 15 is 0 Å². The summed E-state index contributed by atoms with van der Waals surface area (Å²) in [5.74, 6) is 0.781. The van der Waals surface area contributed by atoms with Crippen molar-refractivity contribution >= 4 is 17.8 Å². The molecule has 0 spiro atoms. The van der Waals surface area contributed by atoms with Crippen molar-refractivity contribution in [3.63, 3.8) is 0 Å². The van der Waals surface area contributed by atoms with Gasteiger partial charge >= 0.3 is 5.97 Å². The van der Waals surface area contributed by atoms with Crippen molar-refractivity contribution in [3.05, 3.63) is 29.3 Å². The number of guanidine groups is 1. The number of nitrogens with zero attached hydrogens (tertiary/aromatic N) is 2. The first kappa shape index (κ1) is 20.5. The van der Waals surface area contributed by atoms with E-state index in [1.54, 1.807) is 19.2 Å². The highest BCUT2D eigenvalue weighted by Crippen LogP contribution is 2.22. The van der Waals surface area contributed by atoms with Gasteiger partial charge in [-0.3, -0.25) is 9.79 Å². The molecule has 8 heteroatoms. The molecule has 2 rings (SSSR count). The van der Waals surface area contributed by atoms with E-state index in [1.807, 2.05) is 6.07 Å². The number of rotatable bonds is 6. The molecule has 1 aromatic rings. The van der Waals surface area contributed by atoms with Crippen LogP contribution in [0, 0.1) is 5.92 Å². The molecular formula is C19H28N4O4. The maximum Gasteiger partial charge on any atom is 0.341 e. The van der Waals surface area contributed by atoms with Gasteiger partial charge in [-0.15, -0.1) is 0 Å². The number of esters is 1. The van der Waals surface area contributed by atoms with Crippen molar-refractivity contribution in [1.82, 2.24) is 10.2 Å². The molecule has 1 aliphatic rings. The van der Waals surface area contributed by atoms with Gasteiger partial charge in [-0.25, -0.2) is 4.79 Å². The fraction of sp³-hybridized carbons (Fsp3) is 0.526. The molecule has 1 atom stereocenters. The maximum atomic E-state index is 11.9. The average molecular weight is 376 g/mol. The Hall–Kier alpha value is -2.77. The third kappa shape index (κ3) is 5.60. The molecule has 148 valence electrons. The number of primary amides is 1. The third-order valence-electron chi connectivity index (χ3n) is 4.64. The van der Waals surface area contributed by atoms with E-state index in [9.17, 15) is 9.59 Å². The molecule has 1 unspecified atom stereocenters. The summed E-state index contributed by atoms with van der Waals surface area (Å²) in [5, 5.41) is 3.32. The van der Waals surface area contributed by atoms with Gasteiger partial charge in [0.25, 0.3) is 0 Å². The molecule has 1 aromatic carbocycles. The van der Waals surface area contributed by atoms with Crippen molar-refractivity contribution in [1.29, 1.82) is 0 Å². The molecule has 0 radical (unpaired) electrons. The first-order chi connectivity index (χ1) is 13.0. The lowest BCUT2D eigenvalue weighted by Gasteiger charge is -2.34. The Kier molecular flexibility index (Phi) is 7.45. The Labute approximate surface area is 159 Å². The van der Waals surface area contributed by atoms with E-state index < -0.39 is 5.97 Å². The number of likely N-dealkylation sites (tertiary alicyclic amines) is 1. The van der Waals surface area contributed by atoms with Gasteiger partial charge in [0.1, 0.15) is 11.3 Å². The van der Waals surface area contributed by atoms with E-state index in [-0.39, 0.29) is 11.8 Å². The van der Waals surface area contributed by atoms with Crippen LogP contribution in [0.2, 0.25) is 0 Å². The predicted molar refractivity (Wildman–Crippen MR) is 103 cm³/mol. The predicted octanol–water partition coefficient (Wildman–Crippen LogP) is 1.14. The van der Waals surface area contributed by atoms with Gasteiger partial charge in [0.05, 0.1) is 14.2 Å². The number of carbonyl (C=O) groups is 2. The summed E-state index contributed by atoms with van der Waals surface area (Å²) in [6.07, 6.45) is 2.39. The minimum Gasteiger partial charge on any atom is -0.496 e. The van der Waals surface area contributed by atoms with E-state index in [0.29, 0.717) is 24.3 Å². The third-order valence-corrected chi connectivity index (χ3v) is 4.64. The Bertz CT molecular complexity index is 705. The summed E-state index contributed by atoms with van der Waals surface area (Å²) in [7, 11) is 4.59. The van der Waals surface area contributed by atoms with Crippen LogP contribution in [0.4, 0.5) is 0 Å². The van der Waals surface area contributed by atoms with Gasteiger partial charge in [0.2, 0.25) is 5.91 Å². The van der Waals surface area contributed by atoms with Gasteiger partial charge in [0, 0.05) is 33.1 Å². The summed E-state index contributed by atoms with van der Waals surface area (Å²) >= 11 is 0. The second kappa shape index (κ2) is 9.80. The number of hydrogen-bond acceptors (Lipinski definition) is 5. The Morgan fingerprint density at radius 1 is 1.37 bits per heavy atom. The van der Waals surface area contributed by atoms with Gasteiger partial charge in [-0.1, -0.05) is 6.07 Å². The average Bonchev–Trinajstić information content (AvgIpc) is 2.67. The topological polar surface area (TPSA) is 106 Å². The van der Waals surface area contributed by atoms with Crippen molar-refractivity contribution in [3.8, 4) is 5.75 Å². The van der Waals surface area contributed by atoms with Crippen LogP contribution in [-0.2, 0) is 16.1 Å². The Morgan fingerprint density at radius 2 is 2.15 bits per heavy atom. The second-order valence-electron chi connectivity index (χ2n) is 6.55. The molecule has 1 saturated heterocycles. The first-order valence-corrected chi connectivity index (χ1v) is 8.97. The number of nitrogens with two attached hydrogens (primary N) is 1. The minimum absolute atomic E-state index is 0.252. The van der Waals surface area contributed by atoms with Crippen LogP contribution < -0.4 is 15.8 Å². The Balaban J connectivity index is 2.03. The molecule has 0 aromatic heterocycles. The van der Waals surface area contributed by atoms with E-state index in [2.05, 4.69) is 15.2 Å². The molecular weight excluding hydrogens is 348 g/mol. The monoisotopic (exact) mass is 376 g/mol. The summed E-state index contributed by atoms with van der Waals surface area (Å²) < 4.78 is 10.0. The summed E-state index contributed by atoms with van der Waals surface area (Å²) in [4.78, 5) is 29.6. The highest BCUT2D eigenvalue weighted by Gasteiger charge is 2.23. The molecule has 27 heavy (non-hydrogen) atoms. The number of methoxy groups -OCH3 is 2. The first-order valence-electron chi connectivity index (χ1n) is 8.97. The molecule has 1 fully saturated rings. The molecule has 0 bridgehead atoms. The second-order valence-corrected chi connectivity index (χ2v) is 6.55. The van der Waals surface area contributed by atoms with Crippen molar-refractivity contribution in [2.75, 3.05) is 34.4 Å². The zero-order valence-electron chi connectivity index (χ0n) is 16.2. The number of piperidine rings is 1. The standard InChI is InChI=1S/C19H28N4O4/c1-21-19(23-8-4-5-14(12-23)10-17(20)24)22-11-13-6-7-16(26-2)15(9-13)18(25)27-3/h6-7,9,14H,4-5,8,10-12H2,1-3H3,(H2,20,24)(H,21,22). The van der Waals surface area contributed by atoms with E-state index in [4.69, 9.17) is 15.2 Å². The molecule has 8 nitrogen and oxygen atoms in total. The largest absolute Gasteiger partial charge is 0.496 e. The number of hydrogen-bond donors (Lipinski definition) is 2. The maximum absolute atomic E-state index is 11.9. The SMILES string of the molecule is CN=C(NCc1ccc(OC)c(C(=O)OC)c1)N1CCCC(CC(N)=O)C1. The molecule has 0 saturated carbocycles. The van der Waals surface area contributed by atoms with Crippen molar-refractivity contribution in [2.24, 2.45) is 16.6 Å². The molecule has 1 amide bonds. The molecule has 0 aliphatic carbocycles. The van der Waals surface area contributed by atoms with Crippen LogP contribution >= 0.6 is 0 Å². The van der Waals surface area contributed by atoms with E-state index in [1.165, 1.54) is 14.2 Å². The number of carbonyl (C=O) groups excluding carboxylic acids is 2. The van der Waals surface area contributed by atoms with Gasteiger partial charge < -0.3 is 25.4 Å². The number of benzene rings is 1. The molecule has 1 aliphatic heterocycles. The normalized spacial score (nSPS) is 17.4. The Morgan fingerprint density at radius 3 is 2.78 bits per heavy atom. The fourth-order valence-corrected chi connectivity index (χ4v) is 3.36. The van der Waals surface area contributed by atoms with Gasteiger partial charge in [-0.2, -0.15) is 0 Å². The zero-order chi connectivity index (χ0) is 19.8. The molecule has 1 heterocycles. The summed E-state index contributed by atoms with van der Waals surface area (Å²) in [6, 6.07) is 5.38. The number of nitrogens with one attached hydrogen (secondary N) is 1. The summed E-state index contributed by atoms with van der Waals surface area (Å²) in [5.41, 5.74) is 6.62. The lowest BCUT2D eigenvalue weighted by molar-refractivity contribution is -0.119. The van der Waals surface area contributed by atoms with Crippen LogP contribution in [0.5, 0.6) is 5.75 Å². The number of amides is 1. The van der Waals surface area contributed by atoms with Gasteiger partial charge in [0.15, 0.2) is 5.96 Å². The van der Waals surface area contributed by atoms with Gasteiger partial charge in [-0.05, 0) is 36.5 Å². The summed E-state index contributed by atoms with van der Waals surface area (Å²) in [6.45, 7) is 2.13. The number of ether oxygens (including phenoxy) is 2. The lowest BCUT2D eigenvalue weighted by Crippen LogP contribution is -2.46. The van der Waals surface area contributed by atoms with E-state index in [0.717, 1.165) is 37.5 Å². The quantitative estimate of drug-likeness (QED) is 0.438.